The Kier molecular flexibility index (Phi) is 8.09. The predicted octanol–water partition coefficient (Wildman–Crippen LogP) is 2.07. The third kappa shape index (κ3) is 6.04. The SMILES string of the molecule is CCCCNC(=O)c1cc(C(=O)N2Cc3ccc(OCCN4CCNCC4)cc3C2)c(O)cc1O. The highest BCUT2D eigenvalue weighted by atomic mass is 16.5. The molecule has 9 heteroatoms. The van der Waals surface area contributed by atoms with E-state index in [0.29, 0.717) is 26.2 Å². The quantitative estimate of drug-likeness (QED) is 0.405. The van der Waals surface area contributed by atoms with Crippen LogP contribution in [0.15, 0.2) is 30.3 Å². The van der Waals surface area contributed by atoms with Crippen molar-refractivity contribution in [2.45, 2.75) is 32.9 Å². The fourth-order valence-corrected chi connectivity index (χ4v) is 4.41. The molecule has 1 fully saturated rings. The summed E-state index contributed by atoms with van der Waals surface area (Å²) >= 11 is 0. The Morgan fingerprint density at radius 1 is 1.03 bits per heavy atom. The zero-order valence-corrected chi connectivity index (χ0v) is 20.2. The van der Waals surface area contributed by atoms with Crippen molar-refractivity contribution < 1.29 is 24.5 Å². The first-order valence-electron chi connectivity index (χ1n) is 12.3. The Morgan fingerprint density at radius 2 is 1.77 bits per heavy atom. The van der Waals surface area contributed by atoms with Crippen LogP contribution in [0.25, 0.3) is 0 Å². The third-order valence-electron chi connectivity index (χ3n) is 6.48. The van der Waals surface area contributed by atoms with Crippen molar-refractivity contribution in [2.75, 3.05) is 45.9 Å². The van der Waals surface area contributed by atoms with E-state index in [1.165, 1.54) is 6.07 Å². The molecule has 188 valence electrons. The number of phenolic OH excluding ortho intramolecular Hbond substituents is 2. The molecule has 0 atom stereocenters. The summed E-state index contributed by atoms with van der Waals surface area (Å²) in [6, 6.07) is 8.16. The summed E-state index contributed by atoms with van der Waals surface area (Å²) < 4.78 is 5.95. The van der Waals surface area contributed by atoms with Gasteiger partial charge in [-0.15, -0.1) is 0 Å². The molecule has 1 saturated heterocycles. The Hall–Kier alpha value is -3.30. The van der Waals surface area contributed by atoms with Crippen LogP contribution in [0.1, 0.15) is 51.6 Å². The molecule has 0 unspecified atom stereocenters. The number of hydrogen-bond donors (Lipinski definition) is 4. The largest absolute Gasteiger partial charge is 0.507 e. The lowest BCUT2D eigenvalue weighted by molar-refractivity contribution is 0.0748. The number of ether oxygens (including phenoxy) is 1. The molecule has 2 aromatic carbocycles. The minimum absolute atomic E-state index is 0.0104. The lowest BCUT2D eigenvalue weighted by Gasteiger charge is -2.26. The molecule has 0 aromatic heterocycles. The fraction of sp³-hybridized carbons (Fsp3) is 0.462. The molecule has 2 heterocycles. The second kappa shape index (κ2) is 11.4. The summed E-state index contributed by atoms with van der Waals surface area (Å²) in [6.07, 6.45) is 1.73. The second-order valence-electron chi connectivity index (χ2n) is 9.03. The molecule has 2 aliphatic rings. The Labute approximate surface area is 205 Å². The Balaban J connectivity index is 1.39. The van der Waals surface area contributed by atoms with Gasteiger partial charge in [-0.05, 0) is 35.7 Å². The molecular formula is C26H34N4O5. The van der Waals surface area contributed by atoms with E-state index in [-0.39, 0.29) is 22.6 Å². The van der Waals surface area contributed by atoms with Crippen LogP contribution >= 0.6 is 0 Å². The molecule has 0 radical (unpaired) electrons. The highest BCUT2D eigenvalue weighted by molar-refractivity contribution is 6.03. The van der Waals surface area contributed by atoms with Crippen molar-refractivity contribution in [3.05, 3.63) is 52.6 Å². The molecule has 9 nitrogen and oxygen atoms in total. The van der Waals surface area contributed by atoms with Crippen LogP contribution in [-0.2, 0) is 13.1 Å². The lowest BCUT2D eigenvalue weighted by atomic mass is 10.1. The summed E-state index contributed by atoms with van der Waals surface area (Å²) in [5.74, 6) is -0.822. The van der Waals surface area contributed by atoms with E-state index in [2.05, 4.69) is 15.5 Å². The predicted molar refractivity (Wildman–Crippen MR) is 132 cm³/mol. The van der Waals surface area contributed by atoms with Crippen LogP contribution < -0.4 is 15.4 Å². The number of rotatable bonds is 9. The van der Waals surface area contributed by atoms with Crippen molar-refractivity contribution in [3.63, 3.8) is 0 Å². The molecule has 0 spiro atoms. The maximum atomic E-state index is 13.2. The van der Waals surface area contributed by atoms with Crippen LogP contribution in [0.4, 0.5) is 0 Å². The normalized spacial score (nSPS) is 15.6. The van der Waals surface area contributed by atoms with Gasteiger partial charge in [0, 0.05) is 58.4 Å². The van der Waals surface area contributed by atoms with Crippen LogP contribution in [0.3, 0.4) is 0 Å². The number of carbonyl (C=O) groups is 2. The molecular weight excluding hydrogens is 448 g/mol. The number of hydrogen-bond acceptors (Lipinski definition) is 7. The minimum Gasteiger partial charge on any atom is -0.507 e. The van der Waals surface area contributed by atoms with Gasteiger partial charge in [-0.3, -0.25) is 14.5 Å². The number of amides is 2. The zero-order chi connectivity index (χ0) is 24.8. The first kappa shape index (κ1) is 24.8. The van der Waals surface area contributed by atoms with Gasteiger partial charge >= 0.3 is 0 Å². The van der Waals surface area contributed by atoms with Crippen LogP contribution in [0, 0.1) is 0 Å². The summed E-state index contributed by atoms with van der Waals surface area (Å²) in [5.41, 5.74) is 1.97. The number of piperazine rings is 1. The zero-order valence-electron chi connectivity index (χ0n) is 20.2. The number of fused-ring (bicyclic) bond motifs is 1. The number of nitrogens with zero attached hydrogens (tertiary/aromatic N) is 2. The number of carbonyl (C=O) groups excluding carboxylic acids is 2. The summed E-state index contributed by atoms with van der Waals surface area (Å²) in [4.78, 5) is 29.7. The van der Waals surface area contributed by atoms with Gasteiger partial charge in [0.2, 0.25) is 0 Å². The van der Waals surface area contributed by atoms with Crippen molar-refractivity contribution in [3.8, 4) is 17.2 Å². The average Bonchev–Trinajstić information content (AvgIpc) is 3.28. The lowest BCUT2D eigenvalue weighted by Crippen LogP contribution is -2.44. The number of aromatic hydroxyl groups is 2. The van der Waals surface area contributed by atoms with E-state index in [1.54, 1.807) is 4.90 Å². The first-order valence-corrected chi connectivity index (χ1v) is 12.3. The number of benzene rings is 2. The molecule has 2 aliphatic heterocycles. The molecule has 0 aliphatic carbocycles. The Morgan fingerprint density at radius 3 is 2.54 bits per heavy atom. The van der Waals surface area contributed by atoms with Crippen LogP contribution in [0.2, 0.25) is 0 Å². The van der Waals surface area contributed by atoms with Crippen LogP contribution in [-0.4, -0.2) is 77.7 Å². The standard InChI is InChI=1S/C26H34N4O5/c1-2-3-6-28-25(33)21-14-22(24(32)15-23(21)31)26(34)30-16-18-4-5-20(13-19(18)17-30)35-12-11-29-9-7-27-8-10-29/h4-5,13-15,27,31-32H,2-3,6-12,16-17H2,1H3,(H,28,33). The fourth-order valence-electron chi connectivity index (χ4n) is 4.41. The van der Waals surface area contributed by atoms with Gasteiger partial charge in [0.25, 0.3) is 11.8 Å². The van der Waals surface area contributed by atoms with E-state index in [1.807, 2.05) is 25.1 Å². The number of nitrogens with one attached hydrogen (secondary N) is 2. The highest BCUT2D eigenvalue weighted by Crippen LogP contribution is 2.32. The van der Waals surface area contributed by atoms with Gasteiger partial charge in [0.05, 0.1) is 11.1 Å². The molecule has 2 amide bonds. The van der Waals surface area contributed by atoms with Gasteiger partial charge in [0.15, 0.2) is 0 Å². The molecule has 4 N–H and O–H groups in total. The Bertz CT molecular complexity index is 1070. The molecule has 2 aromatic rings. The molecule has 0 saturated carbocycles. The first-order chi connectivity index (χ1) is 17.0. The van der Waals surface area contributed by atoms with Crippen molar-refractivity contribution in [2.24, 2.45) is 0 Å². The molecule has 35 heavy (non-hydrogen) atoms. The van der Waals surface area contributed by atoms with Gasteiger partial charge in [0.1, 0.15) is 23.9 Å². The smallest absolute Gasteiger partial charge is 0.258 e. The van der Waals surface area contributed by atoms with E-state index >= 15 is 0 Å². The molecule has 4 rings (SSSR count). The summed E-state index contributed by atoms with van der Waals surface area (Å²) in [7, 11) is 0. The van der Waals surface area contributed by atoms with Crippen LogP contribution in [0.5, 0.6) is 17.2 Å². The number of unbranched alkanes of at least 4 members (excludes halogenated alkanes) is 1. The van der Waals surface area contributed by atoms with Gasteiger partial charge in [-0.1, -0.05) is 19.4 Å². The number of phenols is 2. The van der Waals surface area contributed by atoms with Crippen molar-refractivity contribution >= 4 is 11.8 Å². The summed E-state index contributed by atoms with van der Waals surface area (Å²) in [5, 5.41) is 26.6. The maximum Gasteiger partial charge on any atom is 0.258 e. The highest BCUT2D eigenvalue weighted by Gasteiger charge is 2.28. The van der Waals surface area contributed by atoms with Gasteiger partial charge in [-0.25, -0.2) is 0 Å². The van der Waals surface area contributed by atoms with Gasteiger partial charge < -0.3 is 30.5 Å². The van der Waals surface area contributed by atoms with Crippen molar-refractivity contribution in [1.82, 2.24) is 20.4 Å². The minimum atomic E-state index is -0.475. The van der Waals surface area contributed by atoms with Gasteiger partial charge in [-0.2, -0.15) is 0 Å². The third-order valence-corrected chi connectivity index (χ3v) is 6.48. The maximum absolute atomic E-state index is 13.2. The van der Waals surface area contributed by atoms with E-state index < -0.39 is 11.8 Å². The molecule has 0 bridgehead atoms. The second-order valence-corrected chi connectivity index (χ2v) is 9.03. The summed E-state index contributed by atoms with van der Waals surface area (Å²) in [6.45, 7) is 8.79. The van der Waals surface area contributed by atoms with Crippen molar-refractivity contribution in [1.29, 1.82) is 0 Å². The average molecular weight is 483 g/mol. The topological polar surface area (TPSA) is 114 Å². The monoisotopic (exact) mass is 482 g/mol. The van der Waals surface area contributed by atoms with E-state index in [9.17, 15) is 19.8 Å². The van der Waals surface area contributed by atoms with E-state index in [0.717, 1.165) is 68.5 Å². The van der Waals surface area contributed by atoms with E-state index in [4.69, 9.17) is 4.74 Å².